The van der Waals surface area contributed by atoms with E-state index in [0.717, 1.165) is 0 Å². The van der Waals surface area contributed by atoms with Crippen LogP contribution in [0.4, 0.5) is 0 Å². The Morgan fingerprint density at radius 3 is 2.57 bits per heavy atom. The summed E-state index contributed by atoms with van der Waals surface area (Å²) in [6.45, 7) is 2.82. The van der Waals surface area contributed by atoms with Gasteiger partial charge in [0.15, 0.2) is 0 Å². The van der Waals surface area contributed by atoms with Gasteiger partial charge in [0, 0.05) is 24.3 Å². The molecule has 0 aliphatic heterocycles. The number of methoxy groups -OCH3 is 2. The molecule has 0 heterocycles. The van der Waals surface area contributed by atoms with E-state index in [9.17, 15) is 13.2 Å². The molecule has 8 heteroatoms. The standard InChI is InChI=1S/C13H18ClNO5S/c1-9(8-19-2)7-15-13(16)11-6-10(21(14,17)18)4-5-12(11)20-3/h4-6,9H,7-8H2,1-3H3,(H,15,16). The summed E-state index contributed by atoms with van der Waals surface area (Å²) < 4.78 is 32.7. The summed E-state index contributed by atoms with van der Waals surface area (Å²) >= 11 is 0. The Hall–Kier alpha value is -1.31. The molecule has 0 aliphatic carbocycles. The Kier molecular flexibility index (Phi) is 6.44. The van der Waals surface area contributed by atoms with E-state index in [4.69, 9.17) is 20.2 Å². The van der Waals surface area contributed by atoms with Gasteiger partial charge in [-0.2, -0.15) is 0 Å². The maximum atomic E-state index is 12.1. The van der Waals surface area contributed by atoms with Crippen molar-refractivity contribution in [3.8, 4) is 5.75 Å². The Balaban J connectivity index is 2.96. The van der Waals surface area contributed by atoms with Crippen molar-refractivity contribution >= 4 is 25.6 Å². The zero-order valence-corrected chi connectivity index (χ0v) is 13.6. The van der Waals surface area contributed by atoms with Crippen LogP contribution >= 0.6 is 10.7 Å². The van der Waals surface area contributed by atoms with Gasteiger partial charge in [-0.1, -0.05) is 6.92 Å². The number of ether oxygens (including phenoxy) is 2. The van der Waals surface area contributed by atoms with Gasteiger partial charge in [0.25, 0.3) is 15.0 Å². The SMILES string of the molecule is COCC(C)CNC(=O)c1cc(S(=O)(=O)Cl)ccc1OC. The quantitative estimate of drug-likeness (QED) is 0.766. The lowest BCUT2D eigenvalue weighted by Crippen LogP contribution is -2.30. The van der Waals surface area contributed by atoms with Gasteiger partial charge < -0.3 is 14.8 Å². The second-order valence-electron chi connectivity index (χ2n) is 4.57. The van der Waals surface area contributed by atoms with E-state index in [-0.39, 0.29) is 22.1 Å². The van der Waals surface area contributed by atoms with Crippen LogP contribution in [0.25, 0.3) is 0 Å². The summed E-state index contributed by atoms with van der Waals surface area (Å²) in [7, 11) is 4.35. The highest BCUT2D eigenvalue weighted by atomic mass is 35.7. The molecule has 1 atom stereocenters. The summed E-state index contributed by atoms with van der Waals surface area (Å²) in [5.41, 5.74) is 0.115. The molecule has 0 saturated carbocycles. The summed E-state index contributed by atoms with van der Waals surface area (Å²) in [5, 5.41) is 2.70. The zero-order chi connectivity index (χ0) is 16.0. The first-order valence-corrected chi connectivity index (χ1v) is 8.50. The lowest BCUT2D eigenvalue weighted by Gasteiger charge is -2.13. The topological polar surface area (TPSA) is 81.7 Å². The van der Waals surface area contributed by atoms with Gasteiger partial charge in [-0.05, 0) is 24.1 Å². The highest BCUT2D eigenvalue weighted by Crippen LogP contribution is 2.24. The molecule has 0 bridgehead atoms. The van der Waals surface area contributed by atoms with Gasteiger partial charge >= 0.3 is 0 Å². The van der Waals surface area contributed by atoms with E-state index >= 15 is 0 Å². The fourth-order valence-electron chi connectivity index (χ4n) is 1.72. The average molecular weight is 336 g/mol. The van der Waals surface area contributed by atoms with Crippen LogP contribution < -0.4 is 10.1 Å². The molecular formula is C13H18ClNO5S. The van der Waals surface area contributed by atoms with E-state index in [1.807, 2.05) is 6.92 Å². The molecule has 21 heavy (non-hydrogen) atoms. The molecule has 0 aliphatic rings. The number of hydrogen-bond donors (Lipinski definition) is 1. The van der Waals surface area contributed by atoms with Crippen LogP contribution in [0.3, 0.4) is 0 Å². The molecule has 0 fully saturated rings. The predicted octanol–water partition coefficient (Wildman–Crippen LogP) is 1.64. The van der Waals surface area contributed by atoms with Gasteiger partial charge in [0.2, 0.25) is 0 Å². The van der Waals surface area contributed by atoms with Crippen molar-refractivity contribution in [2.45, 2.75) is 11.8 Å². The molecule has 118 valence electrons. The minimum Gasteiger partial charge on any atom is -0.496 e. The minimum atomic E-state index is -3.91. The van der Waals surface area contributed by atoms with Crippen molar-refractivity contribution in [3.05, 3.63) is 23.8 Å². The molecule has 1 rings (SSSR count). The maximum Gasteiger partial charge on any atom is 0.261 e. The van der Waals surface area contributed by atoms with Gasteiger partial charge in [0.1, 0.15) is 5.75 Å². The Morgan fingerprint density at radius 1 is 1.38 bits per heavy atom. The summed E-state index contributed by atoms with van der Waals surface area (Å²) in [4.78, 5) is 12.0. The third-order valence-corrected chi connectivity index (χ3v) is 4.11. The van der Waals surface area contributed by atoms with E-state index < -0.39 is 15.0 Å². The number of carbonyl (C=O) groups excluding carboxylic acids is 1. The van der Waals surface area contributed by atoms with E-state index in [1.54, 1.807) is 7.11 Å². The second kappa shape index (κ2) is 7.63. The Morgan fingerprint density at radius 2 is 2.05 bits per heavy atom. The normalized spacial score (nSPS) is 12.8. The Bertz CT molecular complexity index is 603. The van der Waals surface area contributed by atoms with Crippen molar-refractivity contribution in [2.75, 3.05) is 27.4 Å². The summed E-state index contributed by atoms with van der Waals surface area (Å²) in [6, 6.07) is 3.87. The van der Waals surface area contributed by atoms with Crippen LogP contribution in [0.15, 0.2) is 23.1 Å². The average Bonchev–Trinajstić information content (AvgIpc) is 2.43. The van der Waals surface area contributed by atoms with Gasteiger partial charge in [-0.25, -0.2) is 8.42 Å². The van der Waals surface area contributed by atoms with Crippen molar-refractivity contribution in [1.82, 2.24) is 5.32 Å². The third kappa shape index (κ3) is 5.18. The van der Waals surface area contributed by atoms with Crippen molar-refractivity contribution in [3.63, 3.8) is 0 Å². The highest BCUT2D eigenvalue weighted by Gasteiger charge is 2.18. The first-order valence-electron chi connectivity index (χ1n) is 6.19. The number of hydrogen-bond acceptors (Lipinski definition) is 5. The number of amides is 1. The molecule has 0 saturated heterocycles. The van der Waals surface area contributed by atoms with Crippen LogP contribution in [0.1, 0.15) is 17.3 Å². The van der Waals surface area contributed by atoms with Crippen LogP contribution in [0.2, 0.25) is 0 Å². The molecule has 1 amide bonds. The molecule has 0 aromatic heterocycles. The largest absolute Gasteiger partial charge is 0.496 e. The van der Waals surface area contributed by atoms with Gasteiger partial charge in [-0.3, -0.25) is 4.79 Å². The number of nitrogens with one attached hydrogen (secondary N) is 1. The zero-order valence-electron chi connectivity index (χ0n) is 12.1. The Labute approximate surface area is 128 Å². The molecule has 1 unspecified atom stereocenters. The lowest BCUT2D eigenvalue weighted by atomic mass is 10.1. The van der Waals surface area contributed by atoms with Crippen molar-refractivity contribution in [2.24, 2.45) is 5.92 Å². The third-order valence-electron chi connectivity index (χ3n) is 2.76. The van der Waals surface area contributed by atoms with Crippen LogP contribution in [-0.2, 0) is 13.8 Å². The number of benzene rings is 1. The molecule has 1 aromatic rings. The molecule has 1 N–H and O–H groups in total. The summed E-state index contributed by atoms with van der Waals surface area (Å²) in [6.07, 6.45) is 0. The molecule has 0 spiro atoms. The molecular weight excluding hydrogens is 318 g/mol. The van der Waals surface area contributed by atoms with Crippen LogP contribution in [0.5, 0.6) is 5.75 Å². The highest BCUT2D eigenvalue weighted by molar-refractivity contribution is 8.13. The number of halogens is 1. The monoisotopic (exact) mass is 335 g/mol. The van der Waals surface area contributed by atoms with Gasteiger partial charge in [0.05, 0.1) is 24.2 Å². The van der Waals surface area contributed by atoms with E-state index in [1.165, 1.54) is 25.3 Å². The van der Waals surface area contributed by atoms with E-state index in [0.29, 0.717) is 13.2 Å². The predicted molar refractivity (Wildman–Crippen MR) is 79.4 cm³/mol. The second-order valence-corrected chi connectivity index (χ2v) is 7.14. The molecule has 1 aromatic carbocycles. The maximum absolute atomic E-state index is 12.1. The lowest BCUT2D eigenvalue weighted by molar-refractivity contribution is 0.0931. The van der Waals surface area contributed by atoms with Crippen molar-refractivity contribution < 1.29 is 22.7 Å². The smallest absolute Gasteiger partial charge is 0.261 e. The van der Waals surface area contributed by atoms with Crippen molar-refractivity contribution in [1.29, 1.82) is 0 Å². The molecule has 6 nitrogen and oxygen atoms in total. The fourth-order valence-corrected chi connectivity index (χ4v) is 2.50. The van der Waals surface area contributed by atoms with Gasteiger partial charge in [-0.15, -0.1) is 0 Å². The first kappa shape index (κ1) is 17.7. The van der Waals surface area contributed by atoms with E-state index in [2.05, 4.69) is 5.32 Å². The van der Waals surface area contributed by atoms with Crippen LogP contribution in [0, 0.1) is 5.92 Å². The number of rotatable bonds is 7. The summed E-state index contributed by atoms with van der Waals surface area (Å²) in [5.74, 6) is -0.0298. The molecule has 0 radical (unpaired) electrons. The van der Waals surface area contributed by atoms with Crippen LogP contribution in [-0.4, -0.2) is 41.7 Å². The first-order chi connectivity index (χ1) is 9.79. The number of carbonyl (C=O) groups is 1. The minimum absolute atomic E-state index is 0.115. The fraction of sp³-hybridized carbons (Fsp3) is 0.462.